The molecular weight excluding hydrogens is 299 g/mol. The Balaban J connectivity index is 2.15. The van der Waals surface area contributed by atoms with Crippen molar-refractivity contribution in [3.63, 3.8) is 0 Å². The first kappa shape index (κ1) is 15.4. The van der Waals surface area contributed by atoms with E-state index in [4.69, 9.17) is 27.9 Å². The predicted molar refractivity (Wildman–Crippen MR) is 81.0 cm³/mol. The van der Waals surface area contributed by atoms with Gasteiger partial charge in [0.2, 0.25) is 0 Å². The van der Waals surface area contributed by atoms with Crippen LogP contribution in [0.2, 0.25) is 10.0 Å². The van der Waals surface area contributed by atoms with E-state index in [-0.39, 0.29) is 11.9 Å². The van der Waals surface area contributed by atoms with Gasteiger partial charge in [-0.15, -0.1) is 0 Å². The van der Waals surface area contributed by atoms with Crippen molar-refractivity contribution in [1.82, 2.24) is 10.2 Å². The van der Waals surface area contributed by atoms with Crippen LogP contribution in [-0.4, -0.2) is 44.1 Å². The van der Waals surface area contributed by atoms with Crippen LogP contribution >= 0.6 is 23.2 Å². The zero-order valence-corrected chi connectivity index (χ0v) is 13.1. The molecule has 0 radical (unpaired) electrons. The van der Waals surface area contributed by atoms with Crippen molar-refractivity contribution in [2.75, 3.05) is 27.2 Å². The number of ether oxygens (including phenoxy) is 1. The number of likely N-dealkylation sites (tertiary alicyclic amines) is 1. The minimum Gasteiger partial charge on any atom is -0.494 e. The van der Waals surface area contributed by atoms with Gasteiger partial charge in [0.25, 0.3) is 5.91 Å². The molecular formula is C14H18Cl2N2O2. The van der Waals surface area contributed by atoms with E-state index < -0.39 is 0 Å². The minimum atomic E-state index is -0.232. The summed E-state index contributed by atoms with van der Waals surface area (Å²) in [7, 11) is 3.55. The molecule has 4 nitrogen and oxygen atoms in total. The Morgan fingerprint density at radius 2 is 1.90 bits per heavy atom. The number of carbonyl (C=O) groups is 1. The van der Waals surface area contributed by atoms with E-state index in [1.165, 1.54) is 7.11 Å². The number of piperidine rings is 1. The first-order valence-electron chi connectivity index (χ1n) is 6.54. The van der Waals surface area contributed by atoms with Crippen molar-refractivity contribution >= 4 is 29.1 Å². The Labute approximate surface area is 129 Å². The van der Waals surface area contributed by atoms with Crippen molar-refractivity contribution in [3.05, 3.63) is 27.7 Å². The van der Waals surface area contributed by atoms with Crippen molar-refractivity contribution in [1.29, 1.82) is 0 Å². The normalized spacial score (nSPS) is 17.0. The molecule has 0 unspecified atom stereocenters. The van der Waals surface area contributed by atoms with E-state index in [2.05, 4.69) is 17.3 Å². The summed E-state index contributed by atoms with van der Waals surface area (Å²) in [4.78, 5) is 14.6. The molecule has 1 N–H and O–H groups in total. The third-order valence-electron chi connectivity index (χ3n) is 3.54. The average molecular weight is 317 g/mol. The highest BCUT2D eigenvalue weighted by Gasteiger charge is 2.23. The van der Waals surface area contributed by atoms with Gasteiger partial charge in [0.05, 0.1) is 17.2 Å². The maximum absolute atomic E-state index is 12.4. The second kappa shape index (κ2) is 6.66. The maximum Gasteiger partial charge on any atom is 0.256 e. The van der Waals surface area contributed by atoms with E-state index >= 15 is 0 Å². The van der Waals surface area contributed by atoms with Crippen molar-refractivity contribution in [3.8, 4) is 5.75 Å². The smallest absolute Gasteiger partial charge is 0.256 e. The van der Waals surface area contributed by atoms with E-state index in [0.29, 0.717) is 21.4 Å². The number of benzene rings is 1. The number of hydrogen-bond acceptors (Lipinski definition) is 3. The summed E-state index contributed by atoms with van der Waals surface area (Å²) in [5.41, 5.74) is 0.306. The lowest BCUT2D eigenvalue weighted by molar-refractivity contribution is 0.0914. The molecule has 1 fully saturated rings. The standard InChI is InChI=1S/C14H18Cl2N2O2/c1-18-7-5-9(6-8-18)17-14(19)12-10(15)3-4-11(16)13(12)20-2/h3-4,9H,5-8H2,1-2H3,(H,17,19). The van der Waals surface area contributed by atoms with Crippen LogP contribution in [-0.2, 0) is 0 Å². The highest BCUT2D eigenvalue weighted by molar-refractivity contribution is 6.37. The van der Waals surface area contributed by atoms with Crippen LogP contribution < -0.4 is 10.1 Å². The Morgan fingerprint density at radius 3 is 2.50 bits per heavy atom. The molecule has 0 spiro atoms. The summed E-state index contributed by atoms with van der Waals surface area (Å²) in [6, 6.07) is 3.39. The van der Waals surface area contributed by atoms with Crippen LogP contribution in [0.15, 0.2) is 12.1 Å². The zero-order chi connectivity index (χ0) is 14.7. The number of carbonyl (C=O) groups excluding carboxylic acids is 1. The van der Waals surface area contributed by atoms with Crippen molar-refractivity contribution in [2.45, 2.75) is 18.9 Å². The van der Waals surface area contributed by atoms with Gasteiger partial charge in [0.1, 0.15) is 5.56 Å². The van der Waals surface area contributed by atoms with Gasteiger partial charge < -0.3 is 15.0 Å². The van der Waals surface area contributed by atoms with Crippen molar-refractivity contribution < 1.29 is 9.53 Å². The SMILES string of the molecule is COc1c(Cl)ccc(Cl)c1C(=O)NC1CCN(C)CC1. The summed E-state index contributed by atoms with van der Waals surface area (Å²) < 4.78 is 5.20. The minimum absolute atomic E-state index is 0.165. The summed E-state index contributed by atoms with van der Waals surface area (Å²) >= 11 is 12.1. The number of nitrogens with one attached hydrogen (secondary N) is 1. The topological polar surface area (TPSA) is 41.6 Å². The molecule has 6 heteroatoms. The fraction of sp³-hybridized carbons (Fsp3) is 0.500. The van der Waals surface area contributed by atoms with Gasteiger partial charge in [-0.1, -0.05) is 23.2 Å². The van der Waals surface area contributed by atoms with E-state index in [9.17, 15) is 4.79 Å². The largest absolute Gasteiger partial charge is 0.494 e. The number of nitrogens with zero attached hydrogens (tertiary/aromatic N) is 1. The van der Waals surface area contributed by atoms with Crippen LogP contribution in [0.25, 0.3) is 0 Å². The van der Waals surface area contributed by atoms with Crippen molar-refractivity contribution in [2.24, 2.45) is 0 Å². The van der Waals surface area contributed by atoms with Crippen LogP contribution in [0.5, 0.6) is 5.75 Å². The third kappa shape index (κ3) is 3.37. The molecule has 1 heterocycles. The van der Waals surface area contributed by atoms with Gasteiger partial charge >= 0.3 is 0 Å². The van der Waals surface area contributed by atoms with Crippen LogP contribution in [0, 0.1) is 0 Å². The quantitative estimate of drug-likeness (QED) is 0.932. The lowest BCUT2D eigenvalue weighted by Gasteiger charge is -2.29. The molecule has 0 bridgehead atoms. The summed E-state index contributed by atoms with van der Waals surface area (Å²) in [5, 5.41) is 3.73. The number of halogens is 2. The van der Waals surface area contributed by atoms with Gasteiger partial charge in [-0.05, 0) is 45.1 Å². The monoisotopic (exact) mass is 316 g/mol. The molecule has 0 aromatic heterocycles. The van der Waals surface area contributed by atoms with Gasteiger partial charge in [-0.2, -0.15) is 0 Å². The lowest BCUT2D eigenvalue weighted by atomic mass is 10.0. The summed E-state index contributed by atoms with van der Waals surface area (Å²) in [6.45, 7) is 1.96. The average Bonchev–Trinajstić information content (AvgIpc) is 2.43. The molecule has 1 aromatic rings. The molecule has 1 aliphatic heterocycles. The molecule has 20 heavy (non-hydrogen) atoms. The molecule has 2 rings (SSSR count). The number of methoxy groups -OCH3 is 1. The van der Waals surface area contributed by atoms with Gasteiger partial charge in [-0.3, -0.25) is 4.79 Å². The van der Waals surface area contributed by atoms with E-state index in [1.807, 2.05) is 0 Å². The van der Waals surface area contributed by atoms with Gasteiger partial charge in [0, 0.05) is 6.04 Å². The van der Waals surface area contributed by atoms with Crippen LogP contribution in [0.3, 0.4) is 0 Å². The molecule has 1 aromatic carbocycles. The Morgan fingerprint density at radius 1 is 1.30 bits per heavy atom. The summed E-state index contributed by atoms with van der Waals surface area (Å²) in [6.07, 6.45) is 1.87. The van der Waals surface area contributed by atoms with Gasteiger partial charge in [-0.25, -0.2) is 0 Å². The first-order chi connectivity index (χ1) is 9.52. The number of rotatable bonds is 3. The van der Waals surface area contributed by atoms with Crippen LogP contribution in [0.4, 0.5) is 0 Å². The first-order valence-corrected chi connectivity index (χ1v) is 7.30. The lowest BCUT2D eigenvalue weighted by Crippen LogP contribution is -2.43. The molecule has 0 aliphatic carbocycles. The molecule has 0 saturated carbocycles. The van der Waals surface area contributed by atoms with E-state index in [1.54, 1.807) is 12.1 Å². The predicted octanol–water partition coefficient (Wildman–Crippen LogP) is 2.83. The molecule has 110 valence electrons. The fourth-order valence-electron chi connectivity index (χ4n) is 2.35. The molecule has 1 aliphatic rings. The second-order valence-electron chi connectivity index (χ2n) is 4.99. The molecule has 0 atom stereocenters. The number of hydrogen-bond donors (Lipinski definition) is 1. The third-order valence-corrected chi connectivity index (χ3v) is 4.16. The Bertz CT molecular complexity index is 500. The van der Waals surface area contributed by atoms with Gasteiger partial charge in [0.15, 0.2) is 5.75 Å². The second-order valence-corrected chi connectivity index (χ2v) is 5.80. The highest BCUT2D eigenvalue weighted by atomic mass is 35.5. The number of amides is 1. The maximum atomic E-state index is 12.4. The fourth-order valence-corrected chi connectivity index (χ4v) is 2.82. The zero-order valence-electron chi connectivity index (χ0n) is 11.6. The molecule has 1 amide bonds. The highest BCUT2D eigenvalue weighted by Crippen LogP contribution is 2.33. The molecule has 1 saturated heterocycles. The Hall–Kier alpha value is -0.970. The summed E-state index contributed by atoms with van der Waals surface area (Å²) in [5.74, 6) is 0.0912. The van der Waals surface area contributed by atoms with E-state index in [0.717, 1.165) is 25.9 Å². The Kier molecular flexibility index (Phi) is 5.13. The van der Waals surface area contributed by atoms with Crippen LogP contribution in [0.1, 0.15) is 23.2 Å².